The number of hydrogen-bond donors (Lipinski definition) is 1. The molecule has 0 N–H and O–H groups in total. The van der Waals surface area contributed by atoms with Crippen LogP contribution >= 0.6 is 24.0 Å². The first-order chi connectivity index (χ1) is 6.27. The average molecular weight is 206 g/mol. The van der Waals surface area contributed by atoms with Crippen molar-refractivity contribution in [1.29, 1.82) is 0 Å². The Kier molecular flexibility index (Phi) is 2.42. The van der Waals surface area contributed by atoms with Crippen molar-refractivity contribution in [3.05, 3.63) is 41.3 Å². The van der Waals surface area contributed by atoms with Gasteiger partial charge in [0.25, 0.3) is 0 Å². The maximum absolute atomic E-state index is 4.41. The molecule has 0 aliphatic carbocycles. The van der Waals surface area contributed by atoms with E-state index in [9.17, 15) is 0 Å². The van der Waals surface area contributed by atoms with Crippen molar-refractivity contribution < 1.29 is 0 Å². The minimum atomic E-state index is 1.09. The van der Waals surface area contributed by atoms with Gasteiger partial charge in [0.2, 0.25) is 0 Å². The Morgan fingerprint density at radius 1 is 1.23 bits per heavy atom. The van der Waals surface area contributed by atoms with Crippen LogP contribution in [0.5, 0.6) is 0 Å². The number of hydrogen-bond acceptors (Lipinski definition) is 2. The molecule has 0 bridgehead atoms. The van der Waals surface area contributed by atoms with Crippen LogP contribution in [0.1, 0.15) is 5.56 Å². The molecule has 0 spiro atoms. The predicted octanol–water partition coefficient (Wildman–Crippen LogP) is 4.01. The third kappa shape index (κ3) is 1.79. The van der Waals surface area contributed by atoms with E-state index in [-0.39, 0.29) is 0 Å². The monoisotopic (exact) mass is 206 g/mol. The molecule has 0 saturated carbocycles. The highest BCUT2D eigenvalue weighted by Gasteiger charge is 2.02. The first-order valence-electron chi connectivity index (χ1n) is 4.11. The van der Waals surface area contributed by atoms with Crippen LogP contribution in [0.15, 0.2) is 39.9 Å². The summed E-state index contributed by atoms with van der Waals surface area (Å²) in [5.74, 6) is 0. The molecule has 2 rings (SSSR count). The Balaban J connectivity index is 2.53. The average Bonchev–Trinajstić information content (AvgIpc) is 2.51. The highest BCUT2D eigenvalue weighted by Crippen LogP contribution is 2.31. The summed E-state index contributed by atoms with van der Waals surface area (Å²) in [5.41, 5.74) is 3.78. The van der Waals surface area contributed by atoms with E-state index in [2.05, 4.69) is 55.3 Å². The number of benzene rings is 1. The van der Waals surface area contributed by atoms with Gasteiger partial charge in [-0.05, 0) is 23.9 Å². The van der Waals surface area contributed by atoms with Gasteiger partial charge in [-0.1, -0.05) is 29.8 Å². The number of rotatable bonds is 1. The van der Waals surface area contributed by atoms with E-state index < -0.39 is 0 Å². The topological polar surface area (TPSA) is 0 Å². The molecule has 1 aromatic heterocycles. The van der Waals surface area contributed by atoms with Crippen molar-refractivity contribution in [1.82, 2.24) is 0 Å². The van der Waals surface area contributed by atoms with Crippen molar-refractivity contribution in [3.8, 4) is 11.1 Å². The summed E-state index contributed by atoms with van der Waals surface area (Å²) >= 11 is 6.08. The molecule has 13 heavy (non-hydrogen) atoms. The molecule has 2 heteroatoms. The zero-order valence-corrected chi connectivity index (χ0v) is 9.03. The van der Waals surface area contributed by atoms with Gasteiger partial charge in [0.1, 0.15) is 0 Å². The lowest BCUT2D eigenvalue weighted by Crippen LogP contribution is -1.76. The van der Waals surface area contributed by atoms with Gasteiger partial charge < -0.3 is 0 Å². The van der Waals surface area contributed by atoms with Crippen molar-refractivity contribution in [2.24, 2.45) is 0 Å². The van der Waals surface area contributed by atoms with Crippen molar-refractivity contribution in [2.75, 3.05) is 0 Å². The molecule has 0 aliphatic rings. The minimum absolute atomic E-state index is 1.09. The van der Waals surface area contributed by atoms with Gasteiger partial charge in [-0.2, -0.15) is 0 Å². The van der Waals surface area contributed by atoms with Gasteiger partial charge in [0.15, 0.2) is 0 Å². The molecule has 1 aromatic carbocycles. The lowest BCUT2D eigenvalue weighted by molar-refractivity contribution is 1.46. The molecule has 0 fully saturated rings. The van der Waals surface area contributed by atoms with Crippen molar-refractivity contribution >= 4 is 24.0 Å². The Hall–Kier alpha value is -0.730. The van der Waals surface area contributed by atoms with E-state index >= 15 is 0 Å². The second kappa shape index (κ2) is 3.56. The van der Waals surface area contributed by atoms with Crippen LogP contribution in [0, 0.1) is 6.92 Å². The number of thiophene rings is 1. The van der Waals surface area contributed by atoms with E-state index in [0.717, 1.165) is 4.21 Å². The van der Waals surface area contributed by atoms with Crippen LogP contribution < -0.4 is 0 Å². The summed E-state index contributed by atoms with van der Waals surface area (Å²) in [7, 11) is 0. The van der Waals surface area contributed by atoms with Gasteiger partial charge in [-0.25, -0.2) is 0 Å². The van der Waals surface area contributed by atoms with E-state index in [4.69, 9.17) is 0 Å². The third-order valence-electron chi connectivity index (χ3n) is 1.97. The molecule has 66 valence electrons. The summed E-state index contributed by atoms with van der Waals surface area (Å²) in [6, 6.07) is 10.6. The van der Waals surface area contributed by atoms with Crippen LogP contribution in [0.4, 0.5) is 0 Å². The smallest absolute Gasteiger partial charge is 0.0646 e. The van der Waals surface area contributed by atoms with E-state index in [0.29, 0.717) is 0 Å². The molecule has 1 heterocycles. The Labute approximate surface area is 87.6 Å². The van der Waals surface area contributed by atoms with Crippen molar-refractivity contribution in [3.63, 3.8) is 0 Å². The van der Waals surface area contributed by atoms with E-state index in [1.165, 1.54) is 16.7 Å². The lowest BCUT2D eigenvalue weighted by atomic mass is 10.1. The predicted molar refractivity (Wildman–Crippen MR) is 61.7 cm³/mol. The zero-order chi connectivity index (χ0) is 9.26. The summed E-state index contributed by atoms with van der Waals surface area (Å²) in [6.07, 6.45) is 0. The van der Waals surface area contributed by atoms with Crippen LogP contribution in [0.3, 0.4) is 0 Å². The summed E-state index contributed by atoms with van der Waals surface area (Å²) < 4.78 is 1.09. The normalized spacial score (nSPS) is 10.3. The fourth-order valence-electron chi connectivity index (χ4n) is 1.33. The summed E-state index contributed by atoms with van der Waals surface area (Å²) in [4.78, 5) is 0. The molecule has 0 nitrogen and oxygen atoms in total. The fraction of sp³-hybridized carbons (Fsp3) is 0.0909. The van der Waals surface area contributed by atoms with Gasteiger partial charge in [-0.15, -0.1) is 24.0 Å². The van der Waals surface area contributed by atoms with Crippen molar-refractivity contribution in [2.45, 2.75) is 11.1 Å². The maximum Gasteiger partial charge on any atom is 0.0646 e. The Bertz CT molecular complexity index is 416. The molecule has 0 radical (unpaired) electrons. The van der Waals surface area contributed by atoms with Crippen LogP contribution in [-0.2, 0) is 0 Å². The highest BCUT2D eigenvalue weighted by atomic mass is 32.2. The van der Waals surface area contributed by atoms with Gasteiger partial charge in [0.05, 0.1) is 4.21 Å². The van der Waals surface area contributed by atoms with Gasteiger partial charge in [0, 0.05) is 5.56 Å². The lowest BCUT2D eigenvalue weighted by Gasteiger charge is -2.00. The van der Waals surface area contributed by atoms with Gasteiger partial charge >= 0.3 is 0 Å². The quantitative estimate of drug-likeness (QED) is 0.670. The Morgan fingerprint density at radius 3 is 2.69 bits per heavy atom. The molecule has 0 amide bonds. The maximum atomic E-state index is 4.41. The Morgan fingerprint density at radius 2 is 2.08 bits per heavy atom. The molecule has 0 saturated heterocycles. The first kappa shape index (κ1) is 8.85. The second-order valence-corrected chi connectivity index (χ2v) is 4.67. The number of thiol groups is 1. The van der Waals surface area contributed by atoms with Crippen LogP contribution in [0.2, 0.25) is 0 Å². The molecule has 0 unspecified atom stereocenters. The number of aryl methyl sites for hydroxylation is 1. The minimum Gasteiger partial charge on any atom is -0.137 e. The first-order valence-corrected chi connectivity index (χ1v) is 5.43. The fourth-order valence-corrected chi connectivity index (χ4v) is 2.37. The largest absolute Gasteiger partial charge is 0.137 e. The molecular formula is C11H10S2. The molecular weight excluding hydrogens is 196 g/mol. The molecule has 0 aliphatic heterocycles. The second-order valence-electron chi connectivity index (χ2n) is 3.01. The SMILES string of the molecule is Cc1cccc(-c2ccsc2S)c1. The van der Waals surface area contributed by atoms with Gasteiger partial charge in [-0.3, -0.25) is 0 Å². The summed E-state index contributed by atoms with van der Waals surface area (Å²) in [5, 5.41) is 2.07. The third-order valence-corrected chi connectivity index (χ3v) is 3.25. The molecule has 0 atom stereocenters. The standard InChI is InChI=1S/C11H10S2/c1-8-3-2-4-9(7-8)10-5-6-13-11(10)12/h2-7,12H,1H3. The molecule has 2 aromatic rings. The van der Waals surface area contributed by atoms with Crippen LogP contribution in [0.25, 0.3) is 11.1 Å². The summed E-state index contributed by atoms with van der Waals surface area (Å²) in [6.45, 7) is 2.11. The highest BCUT2D eigenvalue weighted by molar-refractivity contribution is 7.83. The van der Waals surface area contributed by atoms with E-state index in [1.807, 2.05) is 0 Å². The van der Waals surface area contributed by atoms with Crippen LogP contribution in [-0.4, -0.2) is 0 Å². The van der Waals surface area contributed by atoms with E-state index in [1.54, 1.807) is 11.3 Å². The zero-order valence-electron chi connectivity index (χ0n) is 7.32.